The molecule has 2 N–H and O–H groups in total. The zero-order chi connectivity index (χ0) is 12.7. The van der Waals surface area contributed by atoms with Crippen molar-refractivity contribution in [1.82, 2.24) is 0 Å². The van der Waals surface area contributed by atoms with Crippen molar-refractivity contribution in [2.24, 2.45) is 0 Å². The van der Waals surface area contributed by atoms with E-state index in [9.17, 15) is 0 Å². The summed E-state index contributed by atoms with van der Waals surface area (Å²) in [5.74, 6) is 0. The summed E-state index contributed by atoms with van der Waals surface area (Å²) in [5, 5.41) is 0. The highest BCUT2D eigenvalue weighted by Crippen LogP contribution is 2.21. The Balaban J connectivity index is 0.000000317. The maximum atomic E-state index is 8.70. The Labute approximate surface area is 101 Å². The number of hydrogen-bond donors (Lipinski definition) is 2. The average Bonchev–Trinajstić information content (AvgIpc) is 2.30. The van der Waals surface area contributed by atoms with Gasteiger partial charge in [-0.05, 0) is 23.6 Å². The zero-order valence-corrected chi connectivity index (χ0v) is 10.3. The van der Waals surface area contributed by atoms with Gasteiger partial charge in [0.25, 0.3) is 0 Å². The molecule has 3 nitrogen and oxygen atoms in total. The van der Waals surface area contributed by atoms with Crippen molar-refractivity contribution < 1.29 is 14.4 Å². The van der Waals surface area contributed by atoms with Crippen LogP contribution in [0.25, 0.3) is 11.1 Å². The van der Waals surface area contributed by atoms with E-state index in [0.717, 1.165) is 0 Å². The first kappa shape index (κ1) is 13.5. The summed E-state index contributed by atoms with van der Waals surface area (Å²) in [6.07, 6.45) is 0. The largest absolute Gasteiger partial charge is 0.692 e. The SMILES string of the molecule is Cc1ccccc1-c1ccccc1.O=[P+](O)O. The molecule has 0 amide bonds. The van der Waals surface area contributed by atoms with Crippen molar-refractivity contribution >= 4 is 8.25 Å². The van der Waals surface area contributed by atoms with Gasteiger partial charge in [0.1, 0.15) is 0 Å². The topological polar surface area (TPSA) is 57.5 Å². The Morgan fingerprint density at radius 1 is 0.882 bits per heavy atom. The van der Waals surface area contributed by atoms with Crippen molar-refractivity contribution in [1.29, 1.82) is 0 Å². The molecule has 0 aliphatic heterocycles. The fourth-order valence-electron chi connectivity index (χ4n) is 1.51. The molecule has 0 aliphatic carbocycles. The van der Waals surface area contributed by atoms with E-state index >= 15 is 0 Å². The van der Waals surface area contributed by atoms with Crippen LogP contribution in [-0.4, -0.2) is 9.79 Å². The second-order valence-electron chi connectivity index (χ2n) is 3.43. The van der Waals surface area contributed by atoms with Crippen LogP contribution in [0.2, 0.25) is 0 Å². The smallest absolute Gasteiger partial charge is 0.134 e. The van der Waals surface area contributed by atoms with E-state index < -0.39 is 8.25 Å². The summed E-state index contributed by atoms with van der Waals surface area (Å²) in [4.78, 5) is 14.2. The Morgan fingerprint density at radius 3 is 1.88 bits per heavy atom. The van der Waals surface area contributed by atoms with E-state index in [-0.39, 0.29) is 0 Å². The summed E-state index contributed by atoms with van der Waals surface area (Å²) < 4.78 is 8.70. The standard InChI is InChI=1S/C13H12.HO3P/c1-11-7-5-6-10-13(11)12-8-3-2-4-9-12;1-4(2)3/h2-10H,1H3;(H-,1,2,3)/p+1. The molecule has 2 aromatic rings. The molecule has 2 rings (SSSR count). The summed E-state index contributed by atoms with van der Waals surface area (Å²) in [6, 6.07) is 18.9. The average molecular weight is 249 g/mol. The Kier molecular flexibility index (Phi) is 5.50. The van der Waals surface area contributed by atoms with E-state index in [1.165, 1.54) is 16.7 Å². The van der Waals surface area contributed by atoms with Crippen LogP contribution in [0, 0.1) is 6.92 Å². The molecule has 0 aliphatic rings. The van der Waals surface area contributed by atoms with E-state index in [2.05, 4.69) is 55.5 Å². The second-order valence-corrected chi connectivity index (χ2v) is 3.94. The van der Waals surface area contributed by atoms with Gasteiger partial charge in [0.2, 0.25) is 0 Å². The lowest BCUT2D eigenvalue weighted by Gasteiger charge is -2.04. The van der Waals surface area contributed by atoms with Gasteiger partial charge < -0.3 is 0 Å². The van der Waals surface area contributed by atoms with Gasteiger partial charge in [-0.1, -0.05) is 54.6 Å². The molecule has 0 fully saturated rings. The van der Waals surface area contributed by atoms with E-state index in [1.807, 2.05) is 6.07 Å². The highest BCUT2D eigenvalue weighted by atomic mass is 31.1. The number of rotatable bonds is 1. The van der Waals surface area contributed by atoms with E-state index in [1.54, 1.807) is 0 Å². The number of benzene rings is 2. The molecule has 88 valence electrons. The molecular weight excluding hydrogens is 235 g/mol. The van der Waals surface area contributed by atoms with Crippen LogP contribution in [0.1, 0.15) is 5.56 Å². The molecule has 17 heavy (non-hydrogen) atoms. The fourth-order valence-corrected chi connectivity index (χ4v) is 1.51. The quantitative estimate of drug-likeness (QED) is 0.762. The molecule has 0 heterocycles. The van der Waals surface area contributed by atoms with Crippen molar-refractivity contribution in [3.8, 4) is 11.1 Å². The van der Waals surface area contributed by atoms with Crippen molar-refractivity contribution in [2.75, 3.05) is 0 Å². The molecular formula is C13H14O3P+. The lowest BCUT2D eigenvalue weighted by Crippen LogP contribution is -1.80. The van der Waals surface area contributed by atoms with Gasteiger partial charge in [-0.15, -0.1) is 9.79 Å². The number of aryl methyl sites for hydroxylation is 1. The predicted molar refractivity (Wildman–Crippen MR) is 68.7 cm³/mol. The van der Waals surface area contributed by atoms with Crippen LogP contribution in [0.4, 0.5) is 0 Å². The summed E-state index contributed by atoms with van der Waals surface area (Å²) >= 11 is 0. The molecule has 0 saturated heterocycles. The molecule has 0 unspecified atom stereocenters. The van der Waals surface area contributed by atoms with Crippen molar-refractivity contribution in [3.63, 3.8) is 0 Å². The third kappa shape index (κ3) is 4.87. The summed E-state index contributed by atoms with van der Waals surface area (Å²) in [7, 11) is -2.87. The molecule has 0 aromatic heterocycles. The minimum atomic E-state index is -2.87. The molecule has 0 spiro atoms. The van der Waals surface area contributed by atoms with Gasteiger partial charge >= 0.3 is 8.25 Å². The highest BCUT2D eigenvalue weighted by Gasteiger charge is 1.97. The number of hydrogen-bond acceptors (Lipinski definition) is 1. The first-order chi connectivity index (χ1) is 8.11. The molecule has 0 saturated carbocycles. The molecule has 0 radical (unpaired) electrons. The third-order valence-electron chi connectivity index (χ3n) is 2.23. The van der Waals surface area contributed by atoms with Crippen LogP contribution < -0.4 is 0 Å². The lowest BCUT2D eigenvalue weighted by molar-refractivity contribution is 0.405. The van der Waals surface area contributed by atoms with Crippen LogP contribution in [0.3, 0.4) is 0 Å². The van der Waals surface area contributed by atoms with Crippen molar-refractivity contribution in [2.45, 2.75) is 6.92 Å². The highest BCUT2D eigenvalue weighted by molar-refractivity contribution is 7.30. The van der Waals surface area contributed by atoms with E-state index in [4.69, 9.17) is 14.4 Å². The third-order valence-corrected chi connectivity index (χ3v) is 2.23. The van der Waals surface area contributed by atoms with Gasteiger partial charge in [0.05, 0.1) is 0 Å². The molecule has 0 atom stereocenters. The van der Waals surface area contributed by atoms with Crippen LogP contribution in [0.5, 0.6) is 0 Å². The second kappa shape index (κ2) is 6.92. The van der Waals surface area contributed by atoms with Crippen LogP contribution >= 0.6 is 8.25 Å². The minimum Gasteiger partial charge on any atom is -0.134 e. The summed E-state index contributed by atoms with van der Waals surface area (Å²) in [5.41, 5.74) is 3.94. The first-order valence-electron chi connectivity index (χ1n) is 5.07. The Hall–Kier alpha value is -1.54. The normalized spacial score (nSPS) is 9.12. The predicted octanol–water partition coefficient (Wildman–Crippen LogP) is 3.29. The molecule has 0 bridgehead atoms. The molecule has 2 aromatic carbocycles. The van der Waals surface area contributed by atoms with Crippen molar-refractivity contribution in [3.05, 3.63) is 60.2 Å². The van der Waals surface area contributed by atoms with Gasteiger partial charge in [-0.3, -0.25) is 0 Å². The van der Waals surface area contributed by atoms with Gasteiger partial charge in [0.15, 0.2) is 0 Å². The summed E-state index contributed by atoms with van der Waals surface area (Å²) in [6.45, 7) is 2.14. The monoisotopic (exact) mass is 249 g/mol. The maximum absolute atomic E-state index is 8.70. The Bertz CT molecular complexity index is 479. The molecule has 4 heteroatoms. The van der Waals surface area contributed by atoms with Crippen LogP contribution in [0.15, 0.2) is 54.6 Å². The van der Waals surface area contributed by atoms with Gasteiger partial charge in [-0.25, -0.2) is 0 Å². The lowest BCUT2D eigenvalue weighted by atomic mass is 10.0. The van der Waals surface area contributed by atoms with Gasteiger partial charge in [-0.2, -0.15) is 0 Å². The minimum absolute atomic E-state index is 1.29. The fraction of sp³-hybridized carbons (Fsp3) is 0.0769. The zero-order valence-electron chi connectivity index (χ0n) is 9.45. The Morgan fingerprint density at radius 2 is 1.35 bits per heavy atom. The van der Waals surface area contributed by atoms with Crippen LogP contribution in [-0.2, 0) is 4.57 Å². The first-order valence-corrected chi connectivity index (χ1v) is 6.24. The van der Waals surface area contributed by atoms with Gasteiger partial charge in [0, 0.05) is 4.57 Å². The van der Waals surface area contributed by atoms with E-state index in [0.29, 0.717) is 0 Å². The maximum Gasteiger partial charge on any atom is 0.692 e.